The van der Waals surface area contributed by atoms with Gasteiger partial charge in [-0.25, -0.2) is 8.42 Å². The van der Waals surface area contributed by atoms with Gasteiger partial charge in [-0.1, -0.05) is 18.2 Å². The van der Waals surface area contributed by atoms with Gasteiger partial charge in [-0.05, 0) is 31.9 Å². The van der Waals surface area contributed by atoms with E-state index < -0.39 is 33.9 Å². The summed E-state index contributed by atoms with van der Waals surface area (Å²) >= 11 is 0. The van der Waals surface area contributed by atoms with Crippen LogP contribution in [-0.4, -0.2) is 43.7 Å². The number of carboxylic acids is 1. The van der Waals surface area contributed by atoms with Crippen LogP contribution in [0.3, 0.4) is 0 Å². The monoisotopic (exact) mass is 339 g/mol. The summed E-state index contributed by atoms with van der Waals surface area (Å²) in [6, 6.07) is 6.93. The number of nitrogens with zero attached hydrogens (tertiary/aromatic N) is 1. The Morgan fingerprint density at radius 3 is 2.57 bits per heavy atom. The largest absolute Gasteiger partial charge is 0.548 e. The minimum atomic E-state index is -3.65. The number of nitrogens with one attached hydrogen (secondary N) is 1. The van der Waals surface area contributed by atoms with Crippen LogP contribution in [-0.2, 0) is 19.6 Å². The third-order valence-electron chi connectivity index (χ3n) is 3.85. The number of amides is 1. The lowest BCUT2D eigenvalue weighted by Crippen LogP contribution is -2.51. The van der Waals surface area contributed by atoms with Gasteiger partial charge in [-0.15, -0.1) is 0 Å². The first kappa shape index (κ1) is 17.4. The Hall–Kier alpha value is -1.93. The Morgan fingerprint density at radius 2 is 1.96 bits per heavy atom. The number of sulfonamides is 1. The first-order chi connectivity index (χ1) is 10.8. The summed E-state index contributed by atoms with van der Waals surface area (Å²) in [5.74, 6) is -2.40. The lowest BCUT2D eigenvalue weighted by molar-refractivity contribution is -0.307. The van der Waals surface area contributed by atoms with E-state index in [1.807, 2.05) is 0 Å². The average molecular weight is 339 g/mol. The topological polar surface area (TPSA) is 107 Å². The molecule has 1 aliphatic rings. The summed E-state index contributed by atoms with van der Waals surface area (Å²) in [6.07, 6.45) is 1.07. The first-order valence-electron chi connectivity index (χ1n) is 7.39. The zero-order valence-corrected chi connectivity index (χ0v) is 13.6. The number of hydrogen-bond acceptors (Lipinski definition) is 5. The van der Waals surface area contributed by atoms with Crippen molar-refractivity contribution in [3.8, 4) is 0 Å². The molecule has 0 aromatic heterocycles. The normalized spacial score (nSPS) is 20.7. The molecule has 1 aromatic rings. The molecule has 0 radical (unpaired) electrons. The molecule has 1 fully saturated rings. The Morgan fingerprint density at radius 1 is 1.30 bits per heavy atom. The molecule has 0 bridgehead atoms. The third-order valence-corrected chi connectivity index (χ3v) is 5.73. The van der Waals surface area contributed by atoms with Gasteiger partial charge in [0, 0.05) is 13.1 Å². The van der Waals surface area contributed by atoms with Crippen LogP contribution in [0.15, 0.2) is 35.2 Å². The molecule has 7 nitrogen and oxygen atoms in total. The fourth-order valence-electron chi connectivity index (χ4n) is 2.51. The maximum Gasteiger partial charge on any atom is 0.243 e. The number of aliphatic carboxylic acids is 1. The highest BCUT2D eigenvalue weighted by Gasteiger charge is 2.33. The van der Waals surface area contributed by atoms with Crippen molar-refractivity contribution >= 4 is 21.9 Å². The van der Waals surface area contributed by atoms with Gasteiger partial charge in [0.1, 0.15) is 0 Å². The van der Waals surface area contributed by atoms with Crippen molar-refractivity contribution in [1.82, 2.24) is 9.62 Å². The van der Waals surface area contributed by atoms with E-state index in [0.717, 1.165) is 0 Å². The second kappa shape index (κ2) is 7.10. The Labute approximate surface area is 135 Å². The molecule has 0 unspecified atom stereocenters. The third kappa shape index (κ3) is 4.08. The molecule has 1 aromatic carbocycles. The summed E-state index contributed by atoms with van der Waals surface area (Å²) < 4.78 is 26.4. The van der Waals surface area contributed by atoms with Crippen LogP contribution in [0.4, 0.5) is 0 Å². The molecule has 2 rings (SSSR count). The number of carboxylic acid groups (broad SMARTS) is 1. The van der Waals surface area contributed by atoms with Crippen LogP contribution in [0.2, 0.25) is 0 Å². The number of hydrogen-bond donors (Lipinski definition) is 1. The molecule has 0 saturated carbocycles. The highest BCUT2D eigenvalue weighted by Crippen LogP contribution is 2.23. The van der Waals surface area contributed by atoms with E-state index in [4.69, 9.17) is 0 Å². The lowest BCUT2D eigenvalue weighted by atomic mass is 9.98. The maximum absolute atomic E-state index is 12.6. The minimum Gasteiger partial charge on any atom is -0.548 e. The van der Waals surface area contributed by atoms with Crippen molar-refractivity contribution in [3.05, 3.63) is 30.3 Å². The van der Waals surface area contributed by atoms with Crippen LogP contribution in [0, 0.1) is 5.92 Å². The molecule has 1 aliphatic heterocycles. The standard InChI is InChI=1S/C15H20N2O5S/c1-11(15(19)20)16-14(18)12-6-5-9-17(10-12)23(21,22)13-7-3-2-4-8-13/h2-4,7-8,11-12H,5-6,9-10H2,1H3,(H,16,18)(H,19,20)/p-1/t11-,12-/m0/s1. The van der Waals surface area contributed by atoms with Crippen LogP contribution in [0.1, 0.15) is 19.8 Å². The van der Waals surface area contributed by atoms with Gasteiger partial charge in [-0.3, -0.25) is 4.79 Å². The molecule has 0 spiro atoms. The van der Waals surface area contributed by atoms with E-state index in [0.29, 0.717) is 19.4 Å². The van der Waals surface area contributed by atoms with Crippen molar-refractivity contribution in [3.63, 3.8) is 0 Å². The molecular weight excluding hydrogens is 320 g/mol. The summed E-state index contributed by atoms with van der Waals surface area (Å²) in [5, 5.41) is 13.0. The Balaban J connectivity index is 2.09. The van der Waals surface area contributed by atoms with E-state index in [-0.39, 0.29) is 11.4 Å². The second-order valence-corrected chi connectivity index (χ2v) is 7.50. The molecule has 1 saturated heterocycles. The number of rotatable bonds is 5. The number of carbonyl (C=O) groups excluding carboxylic acids is 2. The van der Waals surface area contributed by atoms with Crippen molar-refractivity contribution in [2.75, 3.05) is 13.1 Å². The van der Waals surface area contributed by atoms with E-state index in [9.17, 15) is 23.1 Å². The van der Waals surface area contributed by atoms with Crippen LogP contribution in [0.25, 0.3) is 0 Å². The molecule has 23 heavy (non-hydrogen) atoms. The van der Waals surface area contributed by atoms with Gasteiger partial charge in [0.15, 0.2) is 0 Å². The van der Waals surface area contributed by atoms with E-state index in [1.54, 1.807) is 18.2 Å². The lowest BCUT2D eigenvalue weighted by Gasteiger charge is -2.32. The molecule has 1 amide bonds. The number of benzene rings is 1. The maximum atomic E-state index is 12.6. The molecule has 8 heteroatoms. The Kier molecular flexibility index (Phi) is 5.38. The van der Waals surface area contributed by atoms with Gasteiger partial charge in [0.25, 0.3) is 0 Å². The molecule has 2 atom stereocenters. The van der Waals surface area contributed by atoms with Crippen molar-refractivity contribution in [2.45, 2.75) is 30.7 Å². The van der Waals surface area contributed by atoms with Gasteiger partial charge in [0.05, 0.1) is 22.8 Å². The highest BCUT2D eigenvalue weighted by atomic mass is 32.2. The van der Waals surface area contributed by atoms with Crippen LogP contribution in [0.5, 0.6) is 0 Å². The quantitative estimate of drug-likeness (QED) is 0.766. The summed E-state index contributed by atoms with van der Waals surface area (Å²) in [4.78, 5) is 23.0. The average Bonchev–Trinajstić information content (AvgIpc) is 2.55. The first-order valence-corrected chi connectivity index (χ1v) is 8.83. The van der Waals surface area contributed by atoms with Crippen molar-refractivity contribution < 1.29 is 23.1 Å². The van der Waals surface area contributed by atoms with Crippen molar-refractivity contribution in [2.24, 2.45) is 5.92 Å². The molecule has 0 aliphatic carbocycles. The van der Waals surface area contributed by atoms with Gasteiger partial charge in [0.2, 0.25) is 15.9 Å². The number of piperidine rings is 1. The second-order valence-electron chi connectivity index (χ2n) is 5.56. The molecule has 126 valence electrons. The molecule has 1 N–H and O–H groups in total. The predicted octanol–water partition coefficient (Wildman–Crippen LogP) is -0.658. The SMILES string of the molecule is C[C@H](NC(=O)[C@H]1CCCN(S(=O)(=O)c2ccccc2)C1)C(=O)[O-]. The van der Waals surface area contributed by atoms with Crippen molar-refractivity contribution in [1.29, 1.82) is 0 Å². The Bertz CT molecular complexity index is 674. The zero-order valence-electron chi connectivity index (χ0n) is 12.8. The van der Waals surface area contributed by atoms with Gasteiger partial charge in [-0.2, -0.15) is 4.31 Å². The van der Waals surface area contributed by atoms with Crippen LogP contribution < -0.4 is 10.4 Å². The predicted molar refractivity (Wildman–Crippen MR) is 80.5 cm³/mol. The smallest absolute Gasteiger partial charge is 0.243 e. The van der Waals surface area contributed by atoms with E-state index in [2.05, 4.69) is 5.32 Å². The van der Waals surface area contributed by atoms with Crippen LogP contribution >= 0.6 is 0 Å². The zero-order chi connectivity index (χ0) is 17.0. The summed E-state index contributed by atoms with van der Waals surface area (Å²) in [7, 11) is -3.65. The fraction of sp³-hybridized carbons (Fsp3) is 0.467. The molecule has 1 heterocycles. The number of carbonyl (C=O) groups is 2. The summed E-state index contributed by atoms with van der Waals surface area (Å²) in [5.41, 5.74) is 0. The van der Waals surface area contributed by atoms with E-state index >= 15 is 0 Å². The van der Waals surface area contributed by atoms with Gasteiger partial charge < -0.3 is 15.2 Å². The minimum absolute atomic E-state index is 0.0445. The molecular formula is C15H19N2O5S-. The van der Waals surface area contributed by atoms with Gasteiger partial charge >= 0.3 is 0 Å². The highest BCUT2D eigenvalue weighted by molar-refractivity contribution is 7.89. The fourth-order valence-corrected chi connectivity index (χ4v) is 4.05. The van der Waals surface area contributed by atoms with E-state index in [1.165, 1.54) is 23.4 Å². The summed E-state index contributed by atoms with van der Waals surface area (Å²) in [6.45, 7) is 1.70.